The van der Waals surface area contributed by atoms with Crippen molar-refractivity contribution in [2.24, 2.45) is 7.05 Å². The van der Waals surface area contributed by atoms with Crippen molar-refractivity contribution in [3.05, 3.63) is 18.1 Å². The fourth-order valence-electron chi connectivity index (χ4n) is 1.88. The van der Waals surface area contributed by atoms with Gasteiger partial charge >= 0.3 is 5.97 Å². The number of rotatable bonds is 5. The molecule has 0 aliphatic carbocycles. The molecule has 2 heterocycles. The van der Waals surface area contributed by atoms with Gasteiger partial charge in [-0.1, -0.05) is 5.21 Å². The van der Waals surface area contributed by atoms with E-state index in [0.717, 1.165) is 0 Å². The van der Waals surface area contributed by atoms with Crippen LogP contribution in [0.2, 0.25) is 0 Å². The van der Waals surface area contributed by atoms with E-state index < -0.39 is 5.97 Å². The van der Waals surface area contributed by atoms with Crippen molar-refractivity contribution in [1.82, 2.24) is 24.8 Å². The number of nitrogens with zero attached hydrogens (tertiary/aromatic N) is 5. The third-order valence-corrected chi connectivity index (χ3v) is 2.75. The predicted octanol–water partition coefficient (Wildman–Crippen LogP) is 1.19. The molecule has 1 N–H and O–H groups in total. The van der Waals surface area contributed by atoms with Crippen molar-refractivity contribution >= 4 is 5.97 Å². The molecular weight excluding hydrogens is 274 g/mol. The summed E-state index contributed by atoms with van der Waals surface area (Å²) in [5, 5.41) is 20.9. The normalized spacial score (nSPS) is 11.8. The molecule has 0 fully saturated rings. The Morgan fingerprint density at radius 3 is 2.67 bits per heavy atom. The van der Waals surface area contributed by atoms with Crippen molar-refractivity contribution in [3.63, 3.8) is 0 Å². The van der Waals surface area contributed by atoms with E-state index in [1.165, 1.54) is 4.68 Å². The minimum atomic E-state index is -1.11. The fourth-order valence-corrected chi connectivity index (χ4v) is 1.88. The van der Waals surface area contributed by atoms with Crippen LogP contribution in [0.4, 0.5) is 0 Å². The molecule has 8 nitrogen and oxygen atoms in total. The maximum absolute atomic E-state index is 11.3. The second-order valence-electron chi connectivity index (χ2n) is 5.68. The molecule has 0 aliphatic rings. The van der Waals surface area contributed by atoms with Crippen LogP contribution < -0.4 is 0 Å². The van der Waals surface area contributed by atoms with Gasteiger partial charge in [0.05, 0.1) is 24.9 Å². The van der Waals surface area contributed by atoms with E-state index in [1.807, 2.05) is 20.8 Å². The Balaban J connectivity index is 2.28. The lowest BCUT2D eigenvalue weighted by atomic mass is 10.2. The number of ether oxygens (including phenoxy) is 1. The van der Waals surface area contributed by atoms with E-state index in [2.05, 4.69) is 15.4 Å². The minimum Gasteiger partial charge on any atom is -0.476 e. The largest absolute Gasteiger partial charge is 0.476 e. The summed E-state index contributed by atoms with van der Waals surface area (Å²) in [5.74, 6) is -1.11. The maximum Gasteiger partial charge on any atom is 0.358 e. The number of hydrogen-bond donors (Lipinski definition) is 1. The van der Waals surface area contributed by atoms with Gasteiger partial charge in [-0.05, 0) is 20.8 Å². The van der Waals surface area contributed by atoms with Gasteiger partial charge in [-0.2, -0.15) is 5.10 Å². The Morgan fingerprint density at radius 1 is 1.43 bits per heavy atom. The molecule has 0 saturated heterocycles. The Hall–Kier alpha value is -2.22. The molecule has 0 aromatic carbocycles. The van der Waals surface area contributed by atoms with E-state index in [0.29, 0.717) is 24.4 Å². The van der Waals surface area contributed by atoms with Crippen molar-refractivity contribution in [2.45, 2.75) is 32.9 Å². The fraction of sp³-hybridized carbons (Fsp3) is 0.538. The summed E-state index contributed by atoms with van der Waals surface area (Å²) in [6.07, 6.45) is 3.32. The van der Waals surface area contributed by atoms with E-state index in [9.17, 15) is 9.90 Å². The third-order valence-electron chi connectivity index (χ3n) is 2.75. The van der Waals surface area contributed by atoms with E-state index in [4.69, 9.17) is 4.74 Å². The Labute approximate surface area is 122 Å². The monoisotopic (exact) mass is 293 g/mol. The Bertz CT molecular complexity index is 639. The molecule has 0 unspecified atom stereocenters. The van der Waals surface area contributed by atoms with E-state index >= 15 is 0 Å². The molecule has 2 aromatic heterocycles. The van der Waals surface area contributed by atoms with Crippen molar-refractivity contribution in [3.8, 4) is 11.3 Å². The highest BCUT2D eigenvalue weighted by molar-refractivity contribution is 5.92. The number of aryl methyl sites for hydroxylation is 1. The predicted molar refractivity (Wildman–Crippen MR) is 74.9 cm³/mol. The molecule has 0 aliphatic heterocycles. The van der Waals surface area contributed by atoms with Crippen molar-refractivity contribution < 1.29 is 14.6 Å². The first-order valence-corrected chi connectivity index (χ1v) is 6.57. The second kappa shape index (κ2) is 5.65. The zero-order chi connectivity index (χ0) is 15.6. The molecule has 0 amide bonds. The SMILES string of the molecule is Cn1cc(-c2c(C(=O)O)nnn2CCOC(C)(C)C)cn1. The summed E-state index contributed by atoms with van der Waals surface area (Å²) in [5.41, 5.74) is 0.757. The Kier molecular flexibility index (Phi) is 4.08. The van der Waals surface area contributed by atoms with Gasteiger partial charge in [-0.3, -0.25) is 4.68 Å². The number of hydrogen-bond acceptors (Lipinski definition) is 5. The number of aromatic nitrogens is 5. The van der Waals surface area contributed by atoms with Crippen LogP contribution in [0.25, 0.3) is 11.3 Å². The highest BCUT2D eigenvalue weighted by atomic mass is 16.5. The lowest BCUT2D eigenvalue weighted by Crippen LogP contribution is -2.22. The lowest BCUT2D eigenvalue weighted by molar-refractivity contribution is -0.00791. The van der Waals surface area contributed by atoms with Gasteiger partial charge in [0.25, 0.3) is 0 Å². The summed E-state index contributed by atoms with van der Waals surface area (Å²) in [4.78, 5) is 11.3. The van der Waals surface area contributed by atoms with E-state index in [1.54, 1.807) is 24.1 Å². The van der Waals surface area contributed by atoms with Crippen LogP contribution in [0.15, 0.2) is 12.4 Å². The summed E-state index contributed by atoms with van der Waals surface area (Å²) >= 11 is 0. The number of carbonyl (C=O) groups is 1. The first-order chi connectivity index (χ1) is 9.78. The molecule has 2 aromatic rings. The third kappa shape index (κ3) is 3.66. The van der Waals surface area contributed by atoms with Gasteiger partial charge < -0.3 is 9.84 Å². The van der Waals surface area contributed by atoms with Crippen molar-refractivity contribution in [1.29, 1.82) is 0 Å². The van der Waals surface area contributed by atoms with Crippen LogP contribution in [0.3, 0.4) is 0 Å². The topological polar surface area (TPSA) is 95.1 Å². The lowest BCUT2D eigenvalue weighted by Gasteiger charge is -2.19. The smallest absolute Gasteiger partial charge is 0.358 e. The van der Waals surface area contributed by atoms with Crippen LogP contribution >= 0.6 is 0 Å². The van der Waals surface area contributed by atoms with Gasteiger partial charge in [0.15, 0.2) is 5.69 Å². The van der Waals surface area contributed by atoms with Gasteiger partial charge in [0, 0.05) is 18.8 Å². The molecule has 0 spiro atoms. The zero-order valence-corrected chi connectivity index (χ0v) is 12.6. The summed E-state index contributed by atoms with van der Waals surface area (Å²) in [6.45, 7) is 6.71. The molecule has 114 valence electrons. The number of aromatic carboxylic acids is 1. The van der Waals surface area contributed by atoms with Gasteiger partial charge in [0.2, 0.25) is 0 Å². The number of carboxylic acid groups (broad SMARTS) is 1. The quantitative estimate of drug-likeness (QED) is 0.889. The molecule has 8 heteroatoms. The number of carboxylic acids is 1. The molecule has 2 rings (SSSR count). The average Bonchev–Trinajstić information content (AvgIpc) is 2.93. The van der Waals surface area contributed by atoms with Gasteiger partial charge in [-0.25, -0.2) is 9.48 Å². The van der Waals surface area contributed by atoms with E-state index in [-0.39, 0.29) is 11.3 Å². The molecular formula is C13H19N5O3. The summed E-state index contributed by atoms with van der Waals surface area (Å²) in [6, 6.07) is 0. The molecule has 21 heavy (non-hydrogen) atoms. The molecule has 0 saturated carbocycles. The highest BCUT2D eigenvalue weighted by Gasteiger charge is 2.22. The molecule has 0 radical (unpaired) electrons. The van der Waals surface area contributed by atoms with Crippen LogP contribution in [-0.2, 0) is 18.3 Å². The van der Waals surface area contributed by atoms with Crippen molar-refractivity contribution in [2.75, 3.05) is 6.61 Å². The molecule has 0 atom stereocenters. The van der Waals surface area contributed by atoms with Crippen LogP contribution in [0.1, 0.15) is 31.3 Å². The molecule has 0 bridgehead atoms. The van der Waals surface area contributed by atoms with Gasteiger partial charge in [-0.15, -0.1) is 5.10 Å². The second-order valence-corrected chi connectivity index (χ2v) is 5.68. The van der Waals surface area contributed by atoms with Crippen LogP contribution in [0.5, 0.6) is 0 Å². The standard InChI is InChI=1S/C13H19N5O3/c1-13(2,3)21-6-5-18-11(9-7-14-17(4)8-9)10(12(19)20)15-16-18/h7-8H,5-6H2,1-4H3,(H,19,20). The first kappa shape index (κ1) is 15.2. The zero-order valence-electron chi connectivity index (χ0n) is 12.6. The minimum absolute atomic E-state index is 0.0845. The van der Waals surface area contributed by atoms with Crippen LogP contribution in [0, 0.1) is 0 Å². The average molecular weight is 293 g/mol. The summed E-state index contributed by atoms with van der Waals surface area (Å²) in [7, 11) is 1.76. The Morgan fingerprint density at radius 2 is 2.14 bits per heavy atom. The highest BCUT2D eigenvalue weighted by Crippen LogP contribution is 2.21. The summed E-state index contributed by atoms with van der Waals surface area (Å²) < 4.78 is 8.78. The maximum atomic E-state index is 11.3. The van der Waals surface area contributed by atoms with Gasteiger partial charge in [0.1, 0.15) is 5.69 Å². The first-order valence-electron chi connectivity index (χ1n) is 6.57. The van der Waals surface area contributed by atoms with Crippen LogP contribution in [-0.4, -0.2) is 48.1 Å².